The highest BCUT2D eigenvalue weighted by atomic mass is 32.2. The summed E-state index contributed by atoms with van der Waals surface area (Å²) in [4.78, 5) is 14.7. The van der Waals surface area contributed by atoms with Crippen molar-refractivity contribution in [2.75, 3.05) is 19.6 Å². The van der Waals surface area contributed by atoms with E-state index in [0.717, 1.165) is 10.8 Å². The molecule has 5 nitrogen and oxygen atoms in total. The van der Waals surface area contributed by atoms with Crippen LogP contribution in [-0.4, -0.2) is 49.2 Å². The molecule has 2 aromatic rings. The van der Waals surface area contributed by atoms with Crippen LogP contribution in [0.15, 0.2) is 47.4 Å². The average Bonchev–Trinajstić information content (AvgIpc) is 3.13. The molecule has 1 atom stereocenters. The molecule has 2 aromatic carbocycles. The average molecular weight is 360 g/mol. The Morgan fingerprint density at radius 2 is 1.80 bits per heavy atom. The van der Waals surface area contributed by atoms with E-state index < -0.39 is 16.1 Å². The summed E-state index contributed by atoms with van der Waals surface area (Å²) < 4.78 is 27.7. The first-order chi connectivity index (χ1) is 12.0. The van der Waals surface area contributed by atoms with Gasteiger partial charge >= 0.3 is 0 Å². The topological polar surface area (TPSA) is 57.7 Å². The molecule has 1 saturated heterocycles. The summed E-state index contributed by atoms with van der Waals surface area (Å²) in [5.41, 5.74) is 0. The van der Waals surface area contributed by atoms with Crippen molar-refractivity contribution in [2.24, 2.45) is 0 Å². The highest BCUT2D eigenvalue weighted by Gasteiger charge is 2.40. The van der Waals surface area contributed by atoms with Gasteiger partial charge in [-0.05, 0) is 49.6 Å². The molecule has 0 spiro atoms. The van der Waals surface area contributed by atoms with E-state index in [1.807, 2.05) is 44.2 Å². The second-order valence-electron chi connectivity index (χ2n) is 6.29. The fourth-order valence-corrected chi connectivity index (χ4v) is 5.17. The second-order valence-corrected chi connectivity index (χ2v) is 8.18. The van der Waals surface area contributed by atoms with Crippen molar-refractivity contribution in [3.8, 4) is 0 Å². The molecule has 0 aliphatic carbocycles. The van der Waals surface area contributed by atoms with Crippen LogP contribution in [0.1, 0.15) is 26.7 Å². The number of likely N-dealkylation sites (N-methyl/N-ethyl adjacent to an activating group) is 1. The van der Waals surface area contributed by atoms with Crippen LogP contribution >= 0.6 is 0 Å². The van der Waals surface area contributed by atoms with Crippen molar-refractivity contribution in [2.45, 2.75) is 37.6 Å². The zero-order chi connectivity index (χ0) is 18.0. The number of amides is 1. The first kappa shape index (κ1) is 17.9. The maximum atomic E-state index is 13.1. The van der Waals surface area contributed by atoms with Gasteiger partial charge < -0.3 is 4.90 Å². The maximum absolute atomic E-state index is 13.1. The highest BCUT2D eigenvalue weighted by Crippen LogP contribution is 2.29. The number of carbonyl (C=O) groups excluding carboxylic acids is 1. The molecule has 0 saturated carbocycles. The fourth-order valence-electron chi connectivity index (χ4n) is 3.48. The number of hydrogen-bond acceptors (Lipinski definition) is 3. The van der Waals surface area contributed by atoms with Gasteiger partial charge in [0.2, 0.25) is 15.9 Å². The van der Waals surface area contributed by atoms with Gasteiger partial charge in [-0.15, -0.1) is 0 Å². The largest absolute Gasteiger partial charge is 0.342 e. The first-order valence-electron chi connectivity index (χ1n) is 8.78. The minimum atomic E-state index is -3.69. The van der Waals surface area contributed by atoms with E-state index >= 15 is 0 Å². The highest BCUT2D eigenvalue weighted by molar-refractivity contribution is 7.89. The molecule has 6 heteroatoms. The zero-order valence-corrected chi connectivity index (χ0v) is 15.5. The minimum Gasteiger partial charge on any atom is -0.342 e. The van der Waals surface area contributed by atoms with E-state index in [9.17, 15) is 13.2 Å². The van der Waals surface area contributed by atoms with Gasteiger partial charge in [0.05, 0.1) is 4.90 Å². The molecule has 0 unspecified atom stereocenters. The van der Waals surface area contributed by atoms with E-state index in [2.05, 4.69) is 0 Å². The molecule has 1 amide bonds. The number of carbonyl (C=O) groups is 1. The molecule has 0 bridgehead atoms. The SMILES string of the molecule is CCN(CC)C(=O)[C@@H]1CCCN1S(=O)(=O)c1ccc2ccccc2c1. The monoisotopic (exact) mass is 360 g/mol. The third-order valence-electron chi connectivity index (χ3n) is 4.89. The van der Waals surface area contributed by atoms with Gasteiger partial charge in [-0.3, -0.25) is 4.79 Å². The van der Waals surface area contributed by atoms with E-state index in [-0.39, 0.29) is 10.8 Å². The fraction of sp³-hybridized carbons (Fsp3) is 0.421. The molecule has 25 heavy (non-hydrogen) atoms. The third kappa shape index (κ3) is 3.28. The number of hydrogen-bond donors (Lipinski definition) is 0. The number of rotatable bonds is 5. The normalized spacial score (nSPS) is 18.6. The lowest BCUT2D eigenvalue weighted by molar-refractivity contribution is -0.134. The number of nitrogens with zero attached hydrogens (tertiary/aromatic N) is 2. The molecular weight excluding hydrogens is 336 g/mol. The molecule has 0 radical (unpaired) electrons. The van der Waals surface area contributed by atoms with Gasteiger partial charge in [0.25, 0.3) is 0 Å². The molecular formula is C19H24N2O3S. The summed E-state index contributed by atoms with van der Waals surface area (Å²) in [6, 6.07) is 12.2. The van der Waals surface area contributed by atoms with Crippen LogP contribution in [0.25, 0.3) is 10.8 Å². The summed E-state index contributed by atoms with van der Waals surface area (Å²) >= 11 is 0. The summed E-state index contributed by atoms with van der Waals surface area (Å²) in [7, 11) is -3.69. The van der Waals surface area contributed by atoms with Gasteiger partial charge in [0.1, 0.15) is 6.04 Å². The minimum absolute atomic E-state index is 0.0909. The van der Waals surface area contributed by atoms with Crippen LogP contribution < -0.4 is 0 Å². The Kier molecular flexibility index (Phi) is 5.11. The second kappa shape index (κ2) is 7.14. The third-order valence-corrected chi connectivity index (χ3v) is 6.80. The van der Waals surface area contributed by atoms with Gasteiger partial charge in [0.15, 0.2) is 0 Å². The van der Waals surface area contributed by atoms with Crippen molar-refractivity contribution in [3.05, 3.63) is 42.5 Å². The van der Waals surface area contributed by atoms with E-state index in [1.54, 1.807) is 17.0 Å². The Bertz CT molecular complexity index is 875. The van der Waals surface area contributed by atoms with Crippen molar-refractivity contribution < 1.29 is 13.2 Å². The summed E-state index contributed by atoms with van der Waals surface area (Å²) in [5.74, 6) is -0.0909. The summed E-state index contributed by atoms with van der Waals surface area (Å²) in [6.07, 6.45) is 1.30. The smallest absolute Gasteiger partial charge is 0.243 e. The summed E-state index contributed by atoms with van der Waals surface area (Å²) in [5, 5.41) is 1.88. The van der Waals surface area contributed by atoms with Crippen molar-refractivity contribution in [1.82, 2.24) is 9.21 Å². The molecule has 0 N–H and O–H groups in total. The molecule has 3 rings (SSSR count). The molecule has 1 aliphatic heterocycles. The van der Waals surface area contributed by atoms with Crippen molar-refractivity contribution in [1.29, 1.82) is 0 Å². The van der Waals surface area contributed by atoms with Crippen LogP contribution in [0.4, 0.5) is 0 Å². The lowest BCUT2D eigenvalue weighted by atomic mass is 10.1. The first-order valence-corrected chi connectivity index (χ1v) is 10.2. The Labute approximate surface area is 149 Å². The predicted molar refractivity (Wildman–Crippen MR) is 98.8 cm³/mol. The molecule has 134 valence electrons. The number of benzene rings is 2. The van der Waals surface area contributed by atoms with Crippen LogP contribution in [0, 0.1) is 0 Å². The summed E-state index contributed by atoms with van der Waals surface area (Å²) in [6.45, 7) is 5.41. The van der Waals surface area contributed by atoms with Crippen LogP contribution in [-0.2, 0) is 14.8 Å². The number of fused-ring (bicyclic) bond motifs is 1. The number of sulfonamides is 1. The molecule has 1 heterocycles. The Hall–Kier alpha value is -1.92. The lowest BCUT2D eigenvalue weighted by Crippen LogP contribution is -2.47. The van der Waals surface area contributed by atoms with E-state index in [1.165, 1.54) is 4.31 Å². The Morgan fingerprint density at radius 1 is 1.12 bits per heavy atom. The predicted octanol–water partition coefficient (Wildman–Crippen LogP) is 2.86. The van der Waals surface area contributed by atoms with Crippen LogP contribution in [0.5, 0.6) is 0 Å². The standard InChI is InChI=1S/C19H24N2O3S/c1-3-20(4-2)19(22)18-10-7-13-21(18)25(23,24)17-12-11-15-8-5-6-9-16(15)14-17/h5-6,8-9,11-12,14,18H,3-4,7,10,13H2,1-2H3/t18-/m0/s1. The Morgan fingerprint density at radius 3 is 2.48 bits per heavy atom. The van der Waals surface area contributed by atoms with Gasteiger partial charge in [0, 0.05) is 19.6 Å². The van der Waals surface area contributed by atoms with Crippen molar-refractivity contribution >= 4 is 26.7 Å². The van der Waals surface area contributed by atoms with Crippen LogP contribution in [0.2, 0.25) is 0 Å². The quantitative estimate of drug-likeness (QED) is 0.824. The molecule has 1 aliphatic rings. The molecule has 1 fully saturated rings. The van der Waals surface area contributed by atoms with E-state index in [4.69, 9.17) is 0 Å². The maximum Gasteiger partial charge on any atom is 0.243 e. The zero-order valence-electron chi connectivity index (χ0n) is 14.7. The van der Waals surface area contributed by atoms with Gasteiger partial charge in [-0.1, -0.05) is 30.3 Å². The van der Waals surface area contributed by atoms with Crippen LogP contribution in [0.3, 0.4) is 0 Å². The van der Waals surface area contributed by atoms with Crippen molar-refractivity contribution in [3.63, 3.8) is 0 Å². The molecule has 0 aromatic heterocycles. The van der Waals surface area contributed by atoms with E-state index in [0.29, 0.717) is 32.5 Å². The Balaban J connectivity index is 1.95. The van der Waals surface area contributed by atoms with Gasteiger partial charge in [-0.2, -0.15) is 4.31 Å². The van der Waals surface area contributed by atoms with Gasteiger partial charge in [-0.25, -0.2) is 8.42 Å². The lowest BCUT2D eigenvalue weighted by Gasteiger charge is -2.28.